The smallest absolute Gasteiger partial charge is 0.147 e. The second kappa shape index (κ2) is 6.65. The van der Waals surface area contributed by atoms with Gasteiger partial charge in [0.15, 0.2) is 0 Å². The highest BCUT2D eigenvalue weighted by molar-refractivity contribution is 9.10. The SMILES string of the molecule is OC(CNc1cc(F)c(Br)cc1F)c1cccc(Br)c1. The molecule has 0 aliphatic heterocycles. The van der Waals surface area contributed by atoms with Crippen LogP contribution in [0.25, 0.3) is 0 Å². The molecule has 0 radical (unpaired) electrons. The largest absolute Gasteiger partial charge is 0.387 e. The quantitative estimate of drug-likeness (QED) is 0.725. The Hall–Kier alpha value is -0.980. The summed E-state index contributed by atoms with van der Waals surface area (Å²) in [5, 5.41) is 12.7. The van der Waals surface area contributed by atoms with Crippen LogP contribution in [0.15, 0.2) is 45.3 Å². The number of benzene rings is 2. The van der Waals surface area contributed by atoms with Crippen LogP contribution in [-0.4, -0.2) is 11.7 Å². The first-order chi connectivity index (χ1) is 9.47. The first kappa shape index (κ1) is 15.4. The van der Waals surface area contributed by atoms with Crippen LogP contribution in [0.5, 0.6) is 0 Å². The maximum atomic E-state index is 13.6. The third-order valence-electron chi connectivity index (χ3n) is 2.73. The van der Waals surface area contributed by atoms with Crippen molar-refractivity contribution in [1.29, 1.82) is 0 Å². The molecule has 0 spiro atoms. The number of hydrogen-bond donors (Lipinski definition) is 2. The van der Waals surface area contributed by atoms with Crippen molar-refractivity contribution in [3.63, 3.8) is 0 Å². The molecule has 2 rings (SSSR count). The zero-order valence-electron chi connectivity index (χ0n) is 10.2. The predicted molar refractivity (Wildman–Crippen MR) is 81.6 cm³/mol. The Balaban J connectivity index is 2.07. The molecule has 0 aliphatic rings. The third kappa shape index (κ3) is 3.77. The maximum absolute atomic E-state index is 13.6. The molecule has 20 heavy (non-hydrogen) atoms. The van der Waals surface area contributed by atoms with Crippen LogP contribution in [0.3, 0.4) is 0 Å². The van der Waals surface area contributed by atoms with E-state index in [1.54, 1.807) is 18.2 Å². The lowest BCUT2D eigenvalue weighted by Crippen LogP contribution is -2.13. The summed E-state index contributed by atoms with van der Waals surface area (Å²) in [6, 6.07) is 9.26. The van der Waals surface area contributed by atoms with Crippen molar-refractivity contribution in [1.82, 2.24) is 0 Å². The van der Waals surface area contributed by atoms with Crippen LogP contribution in [0.2, 0.25) is 0 Å². The molecule has 2 aromatic rings. The highest BCUT2D eigenvalue weighted by atomic mass is 79.9. The second-order valence-corrected chi connectivity index (χ2v) is 5.97. The zero-order valence-corrected chi connectivity index (χ0v) is 13.4. The number of rotatable bonds is 4. The second-order valence-electron chi connectivity index (χ2n) is 4.20. The van der Waals surface area contributed by atoms with E-state index in [0.717, 1.165) is 16.6 Å². The monoisotopic (exact) mass is 405 g/mol. The summed E-state index contributed by atoms with van der Waals surface area (Å²) < 4.78 is 27.8. The molecule has 0 amide bonds. The van der Waals surface area contributed by atoms with Gasteiger partial charge in [-0.25, -0.2) is 8.78 Å². The Kier molecular flexibility index (Phi) is 5.12. The van der Waals surface area contributed by atoms with Gasteiger partial charge in [-0.1, -0.05) is 28.1 Å². The lowest BCUT2D eigenvalue weighted by molar-refractivity contribution is 0.191. The van der Waals surface area contributed by atoms with Gasteiger partial charge in [0.05, 0.1) is 16.3 Å². The van der Waals surface area contributed by atoms with Gasteiger partial charge < -0.3 is 10.4 Å². The van der Waals surface area contributed by atoms with Gasteiger partial charge in [-0.3, -0.25) is 0 Å². The molecular formula is C14H11Br2F2NO. The third-order valence-corrected chi connectivity index (χ3v) is 3.83. The molecule has 1 atom stereocenters. The van der Waals surface area contributed by atoms with Crippen LogP contribution in [0.1, 0.15) is 11.7 Å². The van der Waals surface area contributed by atoms with Gasteiger partial charge >= 0.3 is 0 Å². The molecule has 106 valence electrons. The van der Waals surface area contributed by atoms with Gasteiger partial charge in [0.1, 0.15) is 11.6 Å². The van der Waals surface area contributed by atoms with E-state index in [1.807, 2.05) is 6.07 Å². The highest BCUT2D eigenvalue weighted by Crippen LogP contribution is 2.24. The molecule has 6 heteroatoms. The van der Waals surface area contributed by atoms with E-state index < -0.39 is 17.7 Å². The van der Waals surface area contributed by atoms with Gasteiger partial charge in [0.25, 0.3) is 0 Å². The Bertz CT molecular complexity index is 622. The number of nitrogens with one attached hydrogen (secondary N) is 1. The van der Waals surface area contributed by atoms with Gasteiger partial charge in [0, 0.05) is 17.1 Å². The first-order valence-corrected chi connectivity index (χ1v) is 7.38. The molecule has 0 aromatic heterocycles. The van der Waals surface area contributed by atoms with E-state index in [4.69, 9.17) is 0 Å². The van der Waals surface area contributed by atoms with E-state index in [1.165, 1.54) is 0 Å². The number of hydrogen-bond acceptors (Lipinski definition) is 2. The average Bonchev–Trinajstić information content (AvgIpc) is 2.41. The minimum atomic E-state index is -0.821. The standard InChI is InChI=1S/C14H11Br2F2NO/c15-9-3-1-2-8(4-9)14(20)7-19-13-6-11(17)10(16)5-12(13)18/h1-6,14,19-20H,7H2. The molecular weight excluding hydrogens is 396 g/mol. The van der Waals surface area contributed by atoms with Crippen molar-refractivity contribution in [3.8, 4) is 0 Å². The van der Waals surface area contributed by atoms with Gasteiger partial charge in [-0.05, 0) is 39.7 Å². The van der Waals surface area contributed by atoms with E-state index >= 15 is 0 Å². The summed E-state index contributed by atoms with van der Waals surface area (Å²) in [5.41, 5.74) is 0.699. The van der Waals surface area contributed by atoms with Gasteiger partial charge in [-0.15, -0.1) is 0 Å². The summed E-state index contributed by atoms with van der Waals surface area (Å²) in [5.74, 6) is -1.15. The minimum Gasteiger partial charge on any atom is -0.387 e. The van der Waals surface area contributed by atoms with Crippen molar-refractivity contribution in [2.45, 2.75) is 6.10 Å². The maximum Gasteiger partial charge on any atom is 0.147 e. The van der Waals surface area contributed by atoms with Crippen molar-refractivity contribution >= 4 is 37.5 Å². The number of aliphatic hydroxyl groups is 1. The van der Waals surface area contributed by atoms with Gasteiger partial charge in [0.2, 0.25) is 0 Å². The van der Waals surface area contributed by atoms with Crippen LogP contribution in [-0.2, 0) is 0 Å². The van der Waals surface area contributed by atoms with Crippen molar-refractivity contribution < 1.29 is 13.9 Å². The normalized spacial score (nSPS) is 12.2. The van der Waals surface area contributed by atoms with E-state index in [9.17, 15) is 13.9 Å². The fraction of sp³-hybridized carbons (Fsp3) is 0.143. The summed E-state index contributed by atoms with van der Waals surface area (Å²) in [6.45, 7) is 0.0778. The predicted octanol–water partition coefficient (Wildman–Crippen LogP) is 4.64. The minimum absolute atomic E-state index is 0.0137. The number of halogens is 4. The molecule has 0 heterocycles. The molecule has 0 saturated carbocycles. The number of anilines is 1. The molecule has 0 bridgehead atoms. The zero-order chi connectivity index (χ0) is 14.7. The Morgan fingerprint density at radius 1 is 1.10 bits per heavy atom. The van der Waals surface area contributed by atoms with Crippen LogP contribution >= 0.6 is 31.9 Å². The summed E-state index contributed by atoms with van der Waals surface area (Å²) in [4.78, 5) is 0. The molecule has 2 N–H and O–H groups in total. The van der Waals surface area contributed by atoms with Gasteiger partial charge in [-0.2, -0.15) is 0 Å². The lowest BCUT2D eigenvalue weighted by atomic mass is 10.1. The van der Waals surface area contributed by atoms with Crippen molar-refractivity contribution in [3.05, 3.63) is 62.5 Å². The van der Waals surface area contributed by atoms with Crippen LogP contribution in [0, 0.1) is 11.6 Å². The Labute approximate surface area is 132 Å². The van der Waals surface area contributed by atoms with E-state index in [2.05, 4.69) is 37.2 Å². The molecule has 1 unspecified atom stereocenters. The molecule has 0 saturated heterocycles. The Morgan fingerprint density at radius 3 is 2.55 bits per heavy atom. The van der Waals surface area contributed by atoms with E-state index in [-0.39, 0.29) is 16.7 Å². The molecule has 0 fully saturated rings. The van der Waals surface area contributed by atoms with Crippen molar-refractivity contribution in [2.24, 2.45) is 0 Å². The molecule has 2 nitrogen and oxygen atoms in total. The van der Waals surface area contributed by atoms with Crippen molar-refractivity contribution in [2.75, 3.05) is 11.9 Å². The molecule has 0 aliphatic carbocycles. The fourth-order valence-corrected chi connectivity index (χ4v) is 2.43. The lowest BCUT2D eigenvalue weighted by Gasteiger charge is -2.14. The summed E-state index contributed by atoms with van der Waals surface area (Å²) in [6.07, 6.45) is -0.821. The first-order valence-electron chi connectivity index (χ1n) is 5.79. The average molecular weight is 407 g/mol. The summed E-state index contributed by atoms with van der Waals surface area (Å²) in [7, 11) is 0. The topological polar surface area (TPSA) is 32.3 Å². The Morgan fingerprint density at radius 2 is 1.85 bits per heavy atom. The number of aliphatic hydroxyl groups excluding tert-OH is 1. The summed E-state index contributed by atoms with van der Waals surface area (Å²) >= 11 is 6.22. The molecule has 2 aromatic carbocycles. The van der Waals surface area contributed by atoms with E-state index in [0.29, 0.717) is 5.56 Å². The highest BCUT2D eigenvalue weighted by Gasteiger charge is 2.11. The fourth-order valence-electron chi connectivity index (χ4n) is 1.70. The van der Waals surface area contributed by atoms with Crippen LogP contribution < -0.4 is 5.32 Å². The van der Waals surface area contributed by atoms with Crippen LogP contribution in [0.4, 0.5) is 14.5 Å².